The number of aliphatic carboxylic acids is 1. The van der Waals surface area contributed by atoms with Crippen molar-refractivity contribution in [2.45, 2.75) is 56.7 Å². The Bertz CT molecular complexity index is 1160. The van der Waals surface area contributed by atoms with Crippen LogP contribution in [-0.2, 0) is 34.1 Å². The molecule has 10 N–H and O–H groups in total. The SMILES string of the molecule is NC(=O)C(CCCCNC(=O)c1ccc(N)cc1)NC(=O)CCC(NC(=O)C(CCS(=O)(=O)O)NC=O)C(=O)O. The molecule has 0 aliphatic rings. The molecule has 0 aliphatic carbocycles. The number of benzene rings is 1. The molecule has 40 heavy (non-hydrogen) atoms. The van der Waals surface area contributed by atoms with E-state index in [0.717, 1.165) is 0 Å². The minimum absolute atomic E-state index is 0.106. The van der Waals surface area contributed by atoms with E-state index in [4.69, 9.17) is 16.0 Å². The van der Waals surface area contributed by atoms with Gasteiger partial charge in [0.05, 0.1) is 5.75 Å². The highest BCUT2D eigenvalue weighted by Crippen LogP contribution is 2.07. The Balaban J connectivity index is 2.53. The van der Waals surface area contributed by atoms with Gasteiger partial charge in [0.2, 0.25) is 24.1 Å². The second kappa shape index (κ2) is 16.7. The molecule has 0 bridgehead atoms. The van der Waals surface area contributed by atoms with Crippen molar-refractivity contribution in [3.63, 3.8) is 0 Å². The van der Waals surface area contributed by atoms with Gasteiger partial charge in [0.25, 0.3) is 16.0 Å². The Morgan fingerprint density at radius 1 is 0.925 bits per heavy atom. The minimum atomic E-state index is -4.45. The quantitative estimate of drug-likeness (QED) is 0.0375. The average molecular weight is 587 g/mol. The van der Waals surface area contributed by atoms with Crippen LogP contribution in [0.4, 0.5) is 5.69 Å². The van der Waals surface area contributed by atoms with Gasteiger partial charge in [0.1, 0.15) is 18.1 Å². The van der Waals surface area contributed by atoms with Gasteiger partial charge in [-0.3, -0.25) is 28.5 Å². The number of nitrogens with one attached hydrogen (secondary N) is 4. The van der Waals surface area contributed by atoms with Crippen LogP contribution in [0.25, 0.3) is 0 Å². The van der Waals surface area contributed by atoms with Crippen molar-refractivity contribution >= 4 is 51.8 Å². The fourth-order valence-electron chi connectivity index (χ4n) is 3.41. The highest BCUT2D eigenvalue weighted by Gasteiger charge is 2.27. The molecule has 0 aliphatic heterocycles. The third kappa shape index (κ3) is 13.5. The third-order valence-electron chi connectivity index (χ3n) is 5.58. The van der Waals surface area contributed by atoms with Gasteiger partial charge >= 0.3 is 5.97 Å². The van der Waals surface area contributed by atoms with Crippen LogP contribution in [0.5, 0.6) is 0 Å². The summed E-state index contributed by atoms with van der Waals surface area (Å²) in [5.41, 5.74) is 11.9. The Kier molecular flexibility index (Phi) is 14.1. The number of hydrogen-bond donors (Lipinski definition) is 8. The van der Waals surface area contributed by atoms with Crippen LogP contribution in [0.15, 0.2) is 24.3 Å². The molecule has 0 radical (unpaired) electrons. The molecule has 3 atom stereocenters. The molecule has 3 unspecified atom stereocenters. The van der Waals surface area contributed by atoms with Crippen molar-refractivity contribution in [2.24, 2.45) is 5.73 Å². The van der Waals surface area contributed by atoms with Crippen molar-refractivity contribution in [2.75, 3.05) is 18.0 Å². The maximum Gasteiger partial charge on any atom is 0.326 e. The smallest absolute Gasteiger partial charge is 0.326 e. The molecular weight excluding hydrogens is 552 g/mol. The summed E-state index contributed by atoms with van der Waals surface area (Å²) in [5, 5.41) is 18.6. The highest BCUT2D eigenvalue weighted by atomic mass is 32.2. The first-order valence-corrected chi connectivity index (χ1v) is 13.7. The zero-order valence-electron chi connectivity index (χ0n) is 21.5. The molecule has 0 heterocycles. The lowest BCUT2D eigenvalue weighted by atomic mass is 10.1. The molecule has 17 heteroatoms. The summed E-state index contributed by atoms with van der Waals surface area (Å²) in [6.45, 7) is 0.298. The summed E-state index contributed by atoms with van der Waals surface area (Å²) in [6.07, 6.45) is -0.196. The van der Waals surface area contributed by atoms with Crippen molar-refractivity contribution < 1.29 is 46.8 Å². The van der Waals surface area contributed by atoms with Gasteiger partial charge < -0.3 is 37.8 Å². The molecule has 0 saturated carbocycles. The number of unbranched alkanes of at least 4 members (excludes halogenated alkanes) is 1. The molecule has 1 rings (SSSR count). The Hall–Kier alpha value is -4.25. The fraction of sp³-hybridized carbons (Fsp3) is 0.478. The average Bonchev–Trinajstić information content (AvgIpc) is 2.87. The number of carboxylic acids is 1. The molecule has 0 aromatic heterocycles. The molecule has 16 nitrogen and oxygen atoms in total. The summed E-state index contributed by atoms with van der Waals surface area (Å²) in [7, 11) is -4.45. The van der Waals surface area contributed by atoms with E-state index >= 15 is 0 Å². The van der Waals surface area contributed by atoms with Gasteiger partial charge in [-0.15, -0.1) is 0 Å². The molecule has 0 spiro atoms. The zero-order valence-corrected chi connectivity index (χ0v) is 22.3. The van der Waals surface area contributed by atoms with E-state index < -0.39 is 76.9 Å². The topological polar surface area (TPSA) is 277 Å². The van der Waals surface area contributed by atoms with Crippen LogP contribution < -0.4 is 32.7 Å². The standard InChI is InChI=1S/C23H34N6O10S/c24-15-6-4-14(5-7-15)21(33)26-11-2-1-3-16(20(25)32)28-19(31)9-8-18(23(35)36)29-22(34)17(27-13-30)10-12-40(37,38)39/h4-7,13,16-18H,1-3,8-12,24H2,(H2,25,32)(H,26,33)(H,27,30)(H,28,31)(H,29,34)(H,35,36)(H,37,38,39). The molecule has 1 aromatic rings. The van der Waals surface area contributed by atoms with Gasteiger partial charge in [-0.25, -0.2) is 4.79 Å². The summed E-state index contributed by atoms with van der Waals surface area (Å²) in [6, 6.07) is 2.25. The number of nitrogen functional groups attached to an aromatic ring is 1. The van der Waals surface area contributed by atoms with Crippen LogP contribution in [0.2, 0.25) is 0 Å². The molecule has 5 amide bonds. The van der Waals surface area contributed by atoms with Gasteiger partial charge in [-0.1, -0.05) is 0 Å². The monoisotopic (exact) mass is 586 g/mol. The van der Waals surface area contributed by atoms with Crippen molar-refractivity contribution in [1.82, 2.24) is 21.3 Å². The second-order valence-electron chi connectivity index (χ2n) is 8.75. The minimum Gasteiger partial charge on any atom is -0.480 e. The number of carboxylic acid groups (broad SMARTS) is 1. The van der Waals surface area contributed by atoms with Gasteiger partial charge in [-0.2, -0.15) is 8.42 Å². The van der Waals surface area contributed by atoms with E-state index in [0.29, 0.717) is 30.6 Å². The second-order valence-corrected chi connectivity index (χ2v) is 10.3. The van der Waals surface area contributed by atoms with Crippen LogP contribution in [0.1, 0.15) is 48.9 Å². The molecule has 0 fully saturated rings. The first-order valence-electron chi connectivity index (χ1n) is 12.1. The number of amides is 5. The molecular formula is C23H34N6O10S. The fourth-order valence-corrected chi connectivity index (χ4v) is 3.94. The van der Waals surface area contributed by atoms with Crippen molar-refractivity contribution in [3.05, 3.63) is 29.8 Å². The summed E-state index contributed by atoms with van der Waals surface area (Å²) in [5.74, 6) is -5.24. The predicted octanol–water partition coefficient (Wildman–Crippen LogP) is -2.12. The van der Waals surface area contributed by atoms with Crippen LogP contribution >= 0.6 is 0 Å². The van der Waals surface area contributed by atoms with E-state index in [1.54, 1.807) is 24.3 Å². The number of nitrogens with two attached hydrogens (primary N) is 2. The van der Waals surface area contributed by atoms with E-state index in [-0.39, 0.29) is 18.7 Å². The molecule has 222 valence electrons. The van der Waals surface area contributed by atoms with Crippen LogP contribution in [0.3, 0.4) is 0 Å². The van der Waals surface area contributed by atoms with Gasteiger partial charge in [0.15, 0.2) is 0 Å². The first kappa shape index (κ1) is 33.8. The van der Waals surface area contributed by atoms with Crippen LogP contribution in [-0.4, -0.2) is 84.5 Å². The van der Waals surface area contributed by atoms with Crippen LogP contribution in [0, 0.1) is 0 Å². The van der Waals surface area contributed by atoms with Gasteiger partial charge in [0, 0.05) is 24.2 Å². The van der Waals surface area contributed by atoms with Crippen molar-refractivity contribution in [3.8, 4) is 0 Å². The maximum atomic E-state index is 12.3. The van der Waals surface area contributed by atoms with E-state index in [1.807, 2.05) is 5.32 Å². The largest absolute Gasteiger partial charge is 0.480 e. The number of rotatable bonds is 19. The summed E-state index contributed by atoms with van der Waals surface area (Å²) in [4.78, 5) is 70.8. The number of carbonyl (C=O) groups excluding carboxylic acids is 5. The zero-order chi connectivity index (χ0) is 30.3. The number of primary amides is 1. The van der Waals surface area contributed by atoms with Gasteiger partial charge in [-0.05, 0) is 56.4 Å². The Morgan fingerprint density at radius 2 is 1.57 bits per heavy atom. The Morgan fingerprint density at radius 3 is 2.12 bits per heavy atom. The summed E-state index contributed by atoms with van der Waals surface area (Å²) >= 11 is 0. The lowest BCUT2D eigenvalue weighted by Crippen LogP contribution is -2.51. The van der Waals surface area contributed by atoms with E-state index in [2.05, 4.69) is 16.0 Å². The van der Waals surface area contributed by atoms with E-state index in [9.17, 15) is 42.3 Å². The normalized spacial score (nSPS) is 13.2. The molecule has 1 aromatic carbocycles. The van der Waals surface area contributed by atoms with Crippen molar-refractivity contribution in [1.29, 1.82) is 0 Å². The number of hydrogen-bond acceptors (Lipinski definition) is 9. The summed E-state index contributed by atoms with van der Waals surface area (Å²) < 4.78 is 30.7. The number of anilines is 1. The van der Waals surface area contributed by atoms with E-state index in [1.165, 1.54) is 0 Å². The lowest BCUT2D eigenvalue weighted by molar-refractivity contribution is -0.142. The first-order chi connectivity index (χ1) is 18.7. The maximum absolute atomic E-state index is 12.3. The Labute approximate surface area is 230 Å². The highest BCUT2D eigenvalue weighted by molar-refractivity contribution is 7.85. The predicted molar refractivity (Wildman–Crippen MR) is 141 cm³/mol. The molecule has 0 saturated heterocycles. The lowest BCUT2D eigenvalue weighted by Gasteiger charge is -2.20. The third-order valence-corrected chi connectivity index (χ3v) is 6.33. The number of carbonyl (C=O) groups is 6.